The van der Waals surface area contributed by atoms with Crippen LogP contribution in [0.5, 0.6) is 0 Å². The SMILES string of the molecule is N=C(N)c1cnc(CCCCC(=O)N[C@@H](CC(=O)O)C(=O)N[C@@H](Cc2ccccc2)C(=O)O)nc1. The minimum Gasteiger partial charge on any atom is -0.481 e. The third kappa shape index (κ3) is 9.58. The van der Waals surface area contributed by atoms with Crippen molar-refractivity contribution in [2.75, 3.05) is 0 Å². The van der Waals surface area contributed by atoms with Gasteiger partial charge in [0, 0.05) is 31.7 Å². The van der Waals surface area contributed by atoms with E-state index in [-0.39, 0.29) is 18.7 Å². The lowest BCUT2D eigenvalue weighted by Gasteiger charge is -2.20. The van der Waals surface area contributed by atoms with E-state index in [1.807, 2.05) is 0 Å². The van der Waals surface area contributed by atoms with Crippen molar-refractivity contribution in [3.63, 3.8) is 0 Å². The lowest BCUT2D eigenvalue weighted by Crippen LogP contribution is -2.52. The van der Waals surface area contributed by atoms with Crippen LogP contribution in [-0.2, 0) is 32.0 Å². The molecule has 0 fully saturated rings. The molecule has 35 heavy (non-hydrogen) atoms. The maximum absolute atomic E-state index is 12.6. The van der Waals surface area contributed by atoms with E-state index in [9.17, 15) is 24.3 Å². The van der Waals surface area contributed by atoms with Gasteiger partial charge in [0.15, 0.2) is 0 Å². The molecule has 0 aliphatic carbocycles. The Morgan fingerprint density at radius 2 is 1.63 bits per heavy atom. The molecule has 2 aromatic rings. The van der Waals surface area contributed by atoms with Crippen molar-refractivity contribution in [3.05, 3.63) is 59.7 Å². The number of amidine groups is 1. The standard InChI is InChI=1S/C23H28N6O6/c24-21(25)15-12-26-18(27-13-15)8-4-5-9-19(30)28-16(11-20(31)32)22(33)29-17(23(34)35)10-14-6-2-1-3-7-14/h1-3,6-7,12-13,16-17H,4-5,8-11H2,(H3,24,25)(H,28,30)(H,29,33)(H,31,32)(H,34,35)/t16-,17-/m0/s1. The fraction of sp³-hybridized carbons (Fsp3) is 0.348. The summed E-state index contributed by atoms with van der Waals surface area (Å²) in [4.78, 5) is 55.9. The maximum Gasteiger partial charge on any atom is 0.326 e. The number of carboxylic acids is 2. The van der Waals surface area contributed by atoms with E-state index < -0.39 is 42.3 Å². The zero-order valence-corrected chi connectivity index (χ0v) is 18.9. The van der Waals surface area contributed by atoms with Gasteiger partial charge in [-0.25, -0.2) is 14.8 Å². The van der Waals surface area contributed by atoms with Crippen LogP contribution in [0, 0.1) is 5.41 Å². The van der Waals surface area contributed by atoms with Crippen molar-refractivity contribution < 1.29 is 29.4 Å². The number of aromatic nitrogens is 2. The molecule has 12 heteroatoms. The van der Waals surface area contributed by atoms with E-state index >= 15 is 0 Å². The van der Waals surface area contributed by atoms with Gasteiger partial charge < -0.3 is 26.6 Å². The minimum absolute atomic E-state index is 0.00508. The number of aliphatic carboxylic acids is 2. The van der Waals surface area contributed by atoms with Crippen molar-refractivity contribution in [2.45, 2.75) is 50.6 Å². The predicted octanol–water partition coefficient (Wildman–Crippen LogP) is 0.245. The van der Waals surface area contributed by atoms with Crippen LogP contribution in [0.1, 0.15) is 42.6 Å². The van der Waals surface area contributed by atoms with Crippen LogP contribution in [-0.4, -0.2) is 61.9 Å². The summed E-state index contributed by atoms with van der Waals surface area (Å²) in [6.07, 6.45) is 3.68. The quantitative estimate of drug-likeness (QED) is 0.123. The Balaban J connectivity index is 1.87. The number of benzene rings is 1. The molecule has 0 saturated carbocycles. The van der Waals surface area contributed by atoms with E-state index in [1.54, 1.807) is 30.3 Å². The number of rotatable bonds is 14. The average Bonchev–Trinajstić information content (AvgIpc) is 2.81. The highest BCUT2D eigenvalue weighted by atomic mass is 16.4. The van der Waals surface area contributed by atoms with Gasteiger partial charge in [-0.3, -0.25) is 19.8 Å². The second kappa shape index (κ2) is 13.4. The Labute approximate surface area is 201 Å². The molecular formula is C23H28N6O6. The van der Waals surface area contributed by atoms with Crippen molar-refractivity contribution in [3.8, 4) is 0 Å². The molecule has 1 aromatic carbocycles. The lowest BCUT2D eigenvalue weighted by atomic mass is 10.0. The summed E-state index contributed by atoms with van der Waals surface area (Å²) in [7, 11) is 0. The molecule has 0 unspecified atom stereocenters. The van der Waals surface area contributed by atoms with Gasteiger partial charge in [-0.1, -0.05) is 30.3 Å². The number of hydrogen-bond donors (Lipinski definition) is 6. The smallest absolute Gasteiger partial charge is 0.326 e. The molecule has 7 N–H and O–H groups in total. The topological polar surface area (TPSA) is 208 Å². The van der Waals surface area contributed by atoms with Gasteiger partial charge in [0.2, 0.25) is 11.8 Å². The number of aryl methyl sites for hydroxylation is 1. The third-order valence-corrected chi connectivity index (χ3v) is 5.00. The normalized spacial score (nSPS) is 12.2. The van der Waals surface area contributed by atoms with E-state index in [0.717, 1.165) is 0 Å². The number of carbonyl (C=O) groups excluding carboxylic acids is 2. The number of unbranched alkanes of at least 4 members (excludes halogenated alkanes) is 1. The molecule has 1 heterocycles. The highest BCUT2D eigenvalue weighted by molar-refractivity contribution is 5.94. The molecule has 0 radical (unpaired) electrons. The fourth-order valence-corrected chi connectivity index (χ4v) is 3.16. The zero-order chi connectivity index (χ0) is 25.8. The Morgan fingerprint density at radius 3 is 2.20 bits per heavy atom. The first-order chi connectivity index (χ1) is 16.7. The largest absolute Gasteiger partial charge is 0.481 e. The number of amides is 2. The fourth-order valence-electron chi connectivity index (χ4n) is 3.16. The average molecular weight is 485 g/mol. The highest BCUT2D eigenvalue weighted by Crippen LogP contribution is 2.06. The predicted molar refractivity (Wildman–Crippen MR) is 124 cm³/mol. The first-order valence-electron chi connectivity index (χ1n) is 10.9. The molecule has 12 nitrogen and oxygen atoms in total. The summed E-state index contributed by atoms with van der Waals surface area (Å²) in [5.41, 5.74) is 6.44. The second-order valence-electron chi connectivity index (χ2n) is 7.82. The second-order valence-corrected chi connectivity index (χ2v) is 7.82. The minimum atomic E-state index is -1.42. The van der Waals surface area contributed by atoms with Crippen molar-refractivity contribution in [2.24, 2.45) is 5.73 Å². The molecule has 0 bridgehead atoms. The highest BCUT2D eigenvalue weighted by Gasteiger charge is 2.28. The van der Waals surface area contributed by atoms with Crippen LogP contribution >= 0.6 is 0 Å². The van der Waals surface area contributed by atoms with Crippen LogP contribution in [0.25, 0.3) is 0 Å². The van der Waals surface area contributed by atoms with Gasteiger partial charge in [-0.05, 0) is 18.4 Å². The van der Waals surface area contributed by atoms with Gasteiger partial charge in [0.1, 0.15) is 23.7 Å². The van der Waals surface area contributed by atoms with Crippen LogP contribution in [0.4, 0.5) is 0 Å². The molecule has 0 aliphatic heterocycles. The van der Waals surface area contributed by atoms with Crippen LogP contribution < -0.4 is 16.4 Å². The summed E-state index contributed by atoms with van der Waals surface area (Å²) >= 11 is 0. The molecule has 0 spiro atoms. The number of hydrogen-bond acceptors (Lipinski definition) is 7. The van der Waals surface area contributed by atoms with Gasteiger partial charge in [0.05, 0.1) is 12.0 Å². The summed E-state index contributed by atoms with van der Waals surface area (Å²) in [5.74, 6) is -3.62. The number of nitrogens with one attached hydrogen (secondary N) is 3. The first-order valence-corrected chi connectivity index (χ1v) is 10.9. The molecule has 2 atom stereocenters. The summed E-state index contributed by atoms with van der Waals surface area (Å²) in [5, 5.41) is 30.6. The lowest BCUT2D eigenvalue weighted by molar-refractivity contribution is -0.143. The Hall–Kier alpha value is -4.35. The van der Waals surface area contributed by atoms with Crippen molar-refractivity contribution in [1.29, 1.82) is 5.41 Å². The van der Waals surface area contributed by atoms with E-state index in [4.69, 9.17) is 16.2 Å². The van der Waals surface area contributed by atoms with Crippen molar-refractivity contribution in [1.82, 2.24) is 20.6 Å². The van der Waals surface area contributed by atoms with Crippen LogP contribution in [0.15, 0.2) is 42.7 Å². The number of carbonyl (C=O) groups is 4. The zero-order valence-electron chi connectivity index (χ0n) is 18.9. The molecule has 0 saturated heterocycles. The number of nitrogens with zero attached hydrogens (tertiary/aromatic N) is 2. The summed E-state index contributed by atoms with van der Waals surface area (Å²) in [6, 6.07) is 5.96. The Bertz CT molecular complexity index is 1040. The number of nitrogens with two attached hydrogens (primary N) is 1. The summed E-state index contributed by atoms with van der Waals surface area (Å²) < 4.78 is 0. The molecule has 2 amide bonds. The summed E-state index contributed by atoms with van der Waals surface area (Å²) in [6.45, 7) is 0. The third-order valence-electron chi connectivity index (χ3n) is 5.00. The first kappa shape index (κ1) is 26.9. The molecule has 186 valence electrons. The van der Waals surface area contributed by atoms with Gasteiger partial charge in [-0.15, -0.1) is 0 Å². The number of carboxylic acid groups (broad SMARTS) is 2. The van der Waals surface area contributed by atoms with E-state index in [0.29, 0.717) is 36.2 Å². The molecule has 2 rings (SSSR count). The molecule has 1 aromatic heterocycles. The molecule has 0 aliphatic rings. The van der Waals surface area contributed by atoms with Crippen molar-refractivity contribution >= 4 is 29.6 Å². The van der Waals surface area contributed by atoms with Gasteiger partial charge in [-0.2, -0.15) is 0 Å². The monoisotopic (exact) mass is 484 g/mol. The Morgan fingerprint density at radius 1 is 0.971 bits per heavy atom. The maximum atomic E-state index is 12.6. The molecular weight excluding hydrogens is 456 g/mol. The number of nitrogen functional groups attached to an aromatic ring is 1. The van der Waals surface area contributed by atoms with Crippen LogP contribution in [0.3, 0.4) is 0 Å². The van der Waals surface area contributed by atoms with Gasteiger partial charge >= 0.3 is 11.9 Å². The van der Waals surface area contributed by atoms with Gasteiger partial charge in [0.25, 0.3) is 0 Å². The van der Waals surface area contributed by atoms with Crippen LogP contribution in [0.2, 0.25) is 0 Å². The Kier molecular flexibility index (Phi) is 10.3. The van der Waals surface area contributed by atoms with E-state index in [2.05, 4.69) is 20.6 Å². The van der Waals surface area contributed by atoms with E-state index in [1.165, 1.54) is 12.4 Å².